The highest BCUT2D eigenvalue weighted by Crippen LogP contribution is 2.26. The average molecular weight is 284 g/mol. The smallest absolute Gasteiger partial charge is 0.125 e. The van der Waals surface area contributed by atoms with Gasteiger partial charge in [-0.1, -0.05) is 41.5 Å². The maximum Gasteiger partial charge on any atom is 0.125 e. The molecule has 0 spiro atoms. The first-order valence-electron chi connectivity index (χ1n) is 7.34. The molecule has 0 aromatic heterocycles. The second-order valence-electron chi connectivity index (χ2n) is 5.91. The number of benzene rings is 2. The molecule has 2 aromatic carbocycles. The van der Waals surface area contributed by atoms with Crippen LogP contribution in [0.2, 0.25) is 0 Å². The third-order valence-electron chi connectivity index (χ3n) is 3.78. The van der Waals surface area contributed by atoms with Crippen LogP contribution >= 0.6 is 0 Å². The fraction of sp³-hybridized carbons (Fsp3) is 0.368. The molecule has 2 nitrogen and oxygen atoms in total. The highest BCUT2D eigenvalue weighted by molar-refractivity contribution is 5.43. The normalized spacial score (nSPS) is 12.3. The number of aryl methyl sites for hydroxylation is 5. The molecule has 0 aliphatic rings. The zero-order chi connectivity index (χ0) is 15.6. The van der Waals surface area contributed by atoms with E-state index in [0.29, 0.717) is 0 Å². The first kappa shape index (κ1) is 15.6. The molecule has 1 N–H and O–H groups in total. The minimum absolute atomic E-state index is 0.273. The van der Waals surface area contributed by atoms with Crippen LogP contribution in [0.25, 0.3) is 0 Å². The number of hydrogen-bond acceptors (Lipinski definition) is 2. The van der Waals surface area contributed by atoms with Crippen molar-refractivity contribution in [1.29, 1.82) is 0 Å². The first-order valence-corrected chi connectivity index (χ1v) is 7.34. The van der Waals surface area contributed by atoms with Gasteiger partial charge in [-0.2, -0.15) is 0 Å². The largest absolute Gasteiger partial charge is 0.490 e. The van der Waals surface area contributed by atoms with Crippen molar-refractivity contribution in [2.75, 3.05) is 6.61 Å². The van der Waals surface area contributed by atoms with Crippen LogP contribution in [0.3, 0.4) is 0 Å². The van der Waals surface area contributed by atoms with E-state index >= 15 is 0 Å². The summed E-state index contributed by atoms with van der Waals surface area (Å²) in [4.78, 5) is 0. The van der Waals surface area contributed by atoms with Crippen LogP contribution in [-0.2, 0) is 0 Å². The van der Waals surface area contributed by atoms with Crippen LogP contribution in [0.15, 0.2) is 30.3 Å². The van der Waals surface area contributed by atoms with Crippen LogP contribution in [0.1, 0.15) is 39.5 Å². The van der Waals surface area contributed by atoms with Crippen molar-refractivity contribution >= 4 is 0 Å². The number of rotatable bonds is 4. The van der Waals surface area contributed by atoms with Gasteiger partial charge in [0.1, 0.15) is 18.5 Å². The summed E-state index contributed by atoms with van der Waals surface area (Å²) in [6.07, 6.45) is -0.606. The Kier molecular flexibility index (Phi) is 4.69. The second kappa shape index (κ2) is 6.31. The van der Waals surface area contributed by atoms with Gasteiger partial charge in [-0.3, -0.25) is 0 Å². The molecule has 0 bridgehead atoms. The summed E-state index contributed by atoms with van der Waals surface area (Å²) in [6.45, 7) is 10.5. The lowest BCUT2D eigenvalue weighted by atomic mass is 10.0. The monoisotopic (exact) mass is 284 g/mol. The summed E-state index contributed by atoms with van der Waals surface area (Å²) in [5.74, 6) is 0.880. The van der Waals surface area contributed by atoms with E-state index in [9.17, 15) is 5.11 Å². The quantitative estimate of drug-likeness (QED) is 0.905. The zero-order valence-electron chi connectivity index (χ0n) is 13.5. The zero-order valence-corrected chi connectivity index (χ0v) is 13.5. The number of aliphatic hydroxyl groups is 1. The lowest BCUT2D eigenvalue weighted by Crippen LogP contribution is -2.12. The molecule has 0 fully saturated rings. The Morgan fingerprint density at radius 1 is 0.857 bits per heavy atom. The van der Waals surface area contributed by atoms with E-state index in [1.165, 1.54) is 5.56 Å². The second-order valence-corrected chi connectivity index (χ2v) is 5.91. The number of ether oxygens (including phenoxy) is 1. The Hall–Kier alpha value is -1.80. The van der Waals surface area contributed by atoms with Gasteiger partial charge >= 0.3 is 0 Å². The summed E-state index contributed by atoms with van der Waals surface area (Å²) < 4.78 is 5.88. The molecule has 0 saturated heterocycles. The van der Waals surface area contributed by atoms with Gasteiger partial charge in [-0.05, 0) is 56.9 Å². The summed E-state index contributed by atoms with van der Waals surface area (Å²) >= 11 is 0. The molecule has 0 aliphatic heterocycles. The van der Waals surface area contributed by atoms with Gasteiger partial charge in [0.25, 0.3) is 0 Å². The average Bonchev–Trinajstić information content (AvgIpc) is 2.40. The van der Waals surface area contributed by atoms with Crippen molar-refractivity contribution in [3.8, 4) is 5.75 Å². The van der Waals surface area contributed by atoms with E-state index < -0.39 is 6.10 Å². The third kappa shape index (κ3) is 3.64. The molecular weight excluding hydrogens is 260 g/mol. The summed E-state index contributed by atoms with van der Waals surface area (Å²) in [6, 6.07) is 10.3. The highest BCUT2D eigenvalue weighted by Gasteiger charge is 2.13. The SMILES string of the molecule is Cc1cc(C)c(OCC(O)c2cc(C)ccc2C)c(C)c1. The van der Waals surface area contributed by atoms with Crippen LogP contribution in [-0.4, -0.2) is 11.7 Å². The van der Waals surface area contributed by atoms with E-state index in [4.69, 9.17) is 4.74 Å². The standard InChI is InChI=1S/C19H24O2/c1-12-6-7-14(3)17(10-12)18(20)11-21-19-15(4)8-13(2)9-16(19)5/h6-10,18,20H,11H2,1-5H3. The molecule has 2 rings (SSSR count). The predicted octanol–water partition coefficient (Wildman–Crippen LogP) is 4.34. The maximum absolute atomic E-state index is 10.4. The lowest BCUT2D eigenvalue weighted by molar-refractivity contribution is 0.107. The lowest BCUT2D eigenvalue weighted by Gasteiger charge is -2.18. The molecule has 0 heterocycles. The maximum atomic E-state index is 10.4. The van der Waals surface area contributed by atoms with Gasteiger partial charge in [-0.25, -0.2) is 0 Å². The van der Waals surface area contributed by atoms with Gasteiger partial charge in [-0.15, -0.1) is 0 Å². The molecule has 112 valence electrons. The van der Waals surface area contributed by atoms with E-state index in [-0.39, 0.29) is 6.61 Å². The fourth-order valence-corrected chi connectivity index (χ4v) is 2.77. The van der Waals surface area contributed by atoms with Crippen molar-refractivity contribution in [2.45, 2.75) is 40.7 Å². The molecule has 1 unspecified atom stereocenters. The van der Waals surface area contributed by atoms with Crippen molar-refractivity contribution in [3.63, 3.8) is 0 Å². The predicted molar refractivity (Wildman–Crippen MR) is 87.0 cm³/mol. The van der Waals surface area contributed by atoms with E-state index in [0.717, 1.165) is 33.6 Å². The minimum Gasteiger partial charge on any atom is -0.490 e. The summed E-state index contributed by atoms with van der Waals surface area (Å²) in [7, 11) is 0. The van der Waals surface area contributed by atoms with E-state index in [1.54, 1.807) is 0 Å². The van der Waals surface area contributed by atoms with Crippen LogP contribution in [0.5, 0.6) is 5.75 Å². The first-order chi connectivity index (χ1) is 9.88. The molecule has 0 saturated carbocycles. The van der Waals surface area contributed by atoms with Crippen molar-refractivity contribution in [3.05, 3.63) is 63.7 Å². The molecule has 0 radical (unpaired) electrons. The summed E-state index contributed by atoms with van der Waals surface area (Å²) in [5, 5.41) is 10.4. The van der Waals surface area contributed by atoms with E-state index in [1.807, 2.05) is 39.8 Å². The molecule has 2 aromatic rings. The molecule has 0 aliphatic carbocycles. The minimum atomic E-state index is -0.606. The van der Waals surface area contributed by atoms with Gasteiger partial charge in [0.2, 0.25) is 0 Å². The van der Waals surface area contributed by atoms with Crippen LogP contribution in [0, 0.1) is 34.6 Å². The van der Waals surface area contributed by atoms with Gasteiger partial charge in [0.15, 0.2) is 0 Å². The Morgan fingerprint density at radius 2 is 1.48 bits per heavy atom. The van der Waals surface area contributed by atoms with Crippen molar-refractivity contribution in [1.82, 2.24) is 0 Å². The molecule has 1 atom stereocenters. The Bertz CT molecular complexity index is 621. The van der Waals surface area contributed by atoms with E-state index in [2.05, 4.69) is 25.1 Å². The Balaban J connectivity index is 2.15. The highest BCUT2D eigenvalue weighted by atomic mass is 16.5. The van der Waals surface area contributed by atoms with Crippen LogP contribution < -0.4 is 4.74 Å². The number of aliphatic hydroxyl groups excluding tert-OH is 1. The summed E-state index contributed by atoms with van der Waals surface area (Å²) in [5.41, 5.74) is 6.64. The fourth-order valence-electron chi connectivity index (χ4n) is 2.77. The topological polar surface area (TPSA) is 29.5 Å². The van der Waals surface area contributed by atoms with Gasteiger partial charge < -0.3 is 9.84 Å². The molecule has 2 heteroatoms. The van der Waals surface area contributed by atoms with Gasteiger partial charge in [0.05, 0.1) is 0 Å². The Labute approximate surface area is 127 Å². The van der Waals surface area contributed by atoms with Gasteiger partial charge in [0, 0.05) is 0 Å². The molecule has 21 heavy (non-hydrogen) atoms. The van der Waals surface area contributed by atoms with Crippen LogP contribution in [0.4, 0.5) is 0 Å². The molecular formula is C19H24O2. The Morgan fingerprint density at radius 3 is 2.10 bits per heavy atom. The van der Waals surface area contributed by atoms with Crippen molar-refractivity contribution in [2.24, 2.45) is 0 Å². The number of hydrogen-bond donors (Lipinski definition) is 1. The van der Waals surface area contributed by atoms with Crippen molar-refractivity contribution < 1.29 is 9.84 Å². The molecule has 0 amide bonds. The third-order valence-corrected chi connectivity index (χ3v) is 3.78.